The summed E-state index contributed by atoms with van der Waals surface area (Å²) in [5.74, 6) is 0.106. The molecular formula is C20H18N2O3. The Morgan fingerprint density at radius 1 is 1.12 bits per heavy atom. The van der Waals surface area contributed by atoms with Crippen LogP contribution in [0.15, 0.2) is 54.1 Å². The third-order valence-electron chi connectivity index (χ3n) is 4.23. The molecule has 1 saturated carbocycles. The fourth-order valence-electron chi connectivity index (χ4n) is 2.74. The maximum atomic E-state index is 12.6. The second-order valence-electron chi connectivity index (χ2n) is 6.32. The molecule has 1 N–H and O–H groups in total. The molecule has 1 saturated heterocycles. The van der Waals surface area contributed by atoms with Crippen molar-refractivity contribution < 1.29 is 14.3 Å². The van der Waals surface area contributed by atoms with E-state index in [-0.39, 0.29) is 11.5 Å². The first-order valence-electron chi connectivity index (χ1n) is 8.31. The zero-order valence-electron chi connectivity index (χ0n) is 13.9. The van der Waals surface area contributed by atoms with Crippen LogP contribution in [-0.4, -0.2) is 17.9 Å². The van der Waals surface area contributed by atoms with Crippen LogP contribution < -0.4 is 15.2 Å². The average Bonchev–Trinajstić information content (AvgIpc) is 3.39. The van der Waals surface area contributed by atoms with Crippen molar-refractivity contribution in [1.29, 1.82) is 0 Å². The number of anilines is 1. The summed E-state index contributed by atoms with van der Waals surface area (Å²) in [6, 6.07) is 14.7. The highest BCUT2D eigenvalue weighted by atomic mass is 16.5. The molecule has 126 valence electrons. The lowest BCUT2D eigenvalue weighted by Crippen LogP contribution is -2.35. The van der Waals surface area contributed by atoms with E-state index in [2.05, 4.69) is 5.43 Å². The molecular weight excluding hydrogens is 316 g/mol. The number of aryl methyl sites for hydroxylation is 1. The van der Waals surface area contributed by atoms with Gasteiger partial charge >= 0.3 is 0 Å². The molecule has 4 rings (SSSR count). The van der Waals surface area contributed by atoms with E-state index < -0.39 is 5.91 Å². The van der Waals surface area contributed by atoms with E-state index in [0.29, 0.717) is 11.8 Å². The number of amides is 2. The fraction of sp³-hybridized carbons (Fsp3) is 0.200. The van der Waals surface area contributed by atoms with Crippen molar-refractivity contribution >= 4 is 23.6 Å². The number of hydrogen-bond donors (Lipinski definition) is 1. The highest BCUT2D eigenvalue weighted by Crippen LogP contribution is 2.30. The number of hydrazine groups is 1. The van der Waals surface area contributed by atoms with Crippen LogP contribution in [0.1, 0.15) is 24.0 Å². The summed E-state index contributed by atoms with van der Waals surface area (Å²) in [7, 11) is 0. The number of hydrogen-bond acceptors (Lipinski definition) is 3. The van der Waals surface area contributed by atoms with Crippen LogP contribution in [0.25, 0.3) is 6.08 Å². The van der Waals surface area contributed by atoms with Gasteiger partial charge in [-0.1, -0.05) is 24.3 Å². The zero-order valence-corrected chi connectivity index (χ0v) is 13.9. The van der Waals surface area contributed by atoms with Gasteiger partial charge in [0.15, 0.2) is 0 Å². The Bertz CT molecular complexity index is 870. The van der Waals surface area contributed by atoms with E-state index >= 15 is 0 Å². The third kappa shape index (κ3) is 3.13. The molecule has 2 aromatic rings. The molecule has 0 unspecified atom stereocenters. The van der Waals surface area contributed by atoms with Crippen molar-refractivity contribution in [2.45, 2.75) is 25.9 Å². The largest absolute Gasteiger partial charge is 0.490 e. The first kappa shape index (κ1) is 15.4. The van der Waals surface area contributed by atoms with Crippen LogP contribution in [-0.2, 0) is 9.59 Å². The van der Waals surface area contributed by atoms with Crippen molar-refractivity contribution in [2.75, 3.05) is 5.01 Å². The van der Waals surface area contributed by atoms with Crippen molar-refractivity contribution in [3.05, 3.63) is 65.2 Å². The Morgan fingerprint density at radius 3 is 2.56 bits per heavy atom. The molecule has 0 radical (unpaired) electrons. The predicted molar refractivity (Wildman–Crippen MR) is 94.9 cm³/mol. The van der Waals surface area contributed by atoms with Crippen LogP contribution >= 0.6 is 0 Å². The lowest BCUT2D eigenvalue weighted by atomic mass is 10.1. The van der Waals surface area contributed by atoms with Crippen LogP contribution in [0.5, 0.6) is 5.75 Å². The van der Waals surface area contributed by atoms with Crippen LogP contribution in [0.2, 0.25) is 0 Å². The lowest BCUT2D eigenvalue weighted by Gasteiger charge is -2.13. The van der Waals surface area contributed by atoms with Crippen LogP contribution in [0.3, 0.4) is 0 Å². The summed E-state index contributed by atoms with van der Waals surface area (Å²) in [4.78, 5) is 24.8. The number of benzene rings is 2. The van der Waals surface area contributed by atoms with E-state index in [9.17, 15) is 9.59 Å². The topological polar surface area (TPSA) is 58.6 Å². The predicted octanol–water partition coefficient (Wildman–Crippen LogP) is 3.00. The maximum Gasteiger partial charge on any atom is 0.282 e. The van der Waals surface area contributed by atoms with E-state index in [1.54, 1.807) is 18.2 Å². The highest BCUT2D eigenvalue weighted by Gasteiger charge is 2.34. The standard InChI is InChI=1S/C20H18N2O3/c1-13-11-14(7-10-18(13)25-16-8-9-16)12-17-19(23)21-22(20(17)24)15-5-3-2-4-6-15/h2-7,10-12,16H,8-9H2,1H3,(H,21,23)/b17-12+. The highest BCUT2D eigenvalue weighted by molar-refractivity contribution is 6.31. The van der Waals surface area contributed by atoms with Gasteiger partial charge in [0, 0.05) is 0 Å². The van der Waals surface area contributed by atoms with Gasteiger partial charge in [0.25, 0.3) is 11.8 Å². The minimum atomic E-state index is -0.398. The molecule has 2 fully saturated rings. The van der Waals surface area contributed by atoms with E-state index in [1.165, 1.54) is 5.01 Å². The Kier molecular flexibility index (Phi) is 3.76. The van der Waals surface area contributed by atoms with Gasteiger partial charge in [0.1, 0.15) is 11.3 Å². The van der Waals surface area contributed by atoms with Crippen LogP contribution in [0, 0.1) is 6.92 Å². The summed E-state index contributed by atoms with van der Waals surface area (Å²) < 4.78 is 5.82. The minimum absolute atomic E-state index is 0.124. The van der Waals surface area contributed by atoms with E-state index in [0.717, 1.165) is 29.7 Å². The minimum Gasteiger partial charge on any atom is -0.490 e. The molecule has 1 heterocycles. The Hall–Kier alpha value is -3.08. The van der Waals surface area contributed by atoms with Gasteiger partial charge < -0.3 is 4.74 Å². The quantitative estimate of drug-likeness (QED) is 0.691. The number of carbonyl (C=O) groups excluding carboxylic acids is 2. The normalized spacial score (nSPS) is 18.6. The number of ether oxygens (including phenoxy) is 1. The summed E-state index contributed by atoms with van der Waals surface area (Å²) >= 11 is 0. The maximum absolute atomic E-state index is 12.6. The first-order valence-corrected chi connectivity index (χ1v) is 8.31. The number of para-hydroxylation sites is 1. The van der Waals surface area contributed by atoms with Gasteiger partial charge in [-0.25, -0.2) is 5.01 Å². The van der Waals surface area contributed by atoms with Crippen molar-refractivity contribution in [2.24, 2.45) is 0 Å². The van der Waals surface area contributed by atoms with E-state index in [1.807, 2.05) is 43.3 Å². The fourth-order valence-corrected chi connectivity index (χ4v) is 2.74. The zero-order chi connectivity index (χ0) is 17.4. The molecule has 0 atom stereocenters. The summed E-state index contributed by atoms with van der Waals surface area (Å²) in [6.45, 7) is 1.96. The summed E-state index contributed by atoms with van der Waals surface area (Å²) in [5, 5.41) is 1.27. The molecule has 25 heavy (non-hydrogen) atoms. The van der Waals surface area contributed by atoms with Crippen molar-refractivity contribution in [3.8, 4) is 5.75 Å². The van der Waals surface area contributed by atoms with Crippen molar-refractivity contribution in [1.82, 2.24) is 5.43 Å². The second-order valence-corrected chi connectivity index (χ2v) is 6.32. The lowest BCUT2D eigenvalue weighted by molar-refractivity contribution is -0.117. The van der Waals surface area contributed by atoms with Gasteiger partial charge in [-0.2, -0.15) is 0 Å². The molecule has 5 nitrogen and oxygen atoms in total. The molecule has 5 heteroatoms. The van der Waals surface area contributed by atoms with Gasteiger partial charge in [-0.3, -0.25) is 15.0 Å². The molecule has 2 aromatic carbocycles. The van der Waals surface area contributed by atoms with E-state index in [4.69, 9.17) is 4.74 Å². The smallest absolute Gasteiger partial charge is 0.282 e. The average molecular weight is 334 g/mol. The molecule has 1 aliphatic carbocycles. The monoisotopic (exact) mass is 334 g/mol. The van der Waals surface area contributed by atoms with Gasteiger partial charge in [-0.15, -0.1) is 0 Å². The number of nitrogens with zero attached hydrogens (tertiary/aromatic N) is 1. The molecule has 2 aliphatic rings. The second kappa shape index (κ2) is 6.09. The number of nitrogens with one attached hydrogen (secondary N) is 1. The summed E-state index contributed by atoms with van der Waals surface area (Å²) in [5.41, 5.74) is 5.15. The molecule has 0 aromatic heterocycles. The first-order chi connectivity index (χ1) is 12.1. The van der Waals surface area contributed by atoms with Gasteiger partial charge in [-0.05, 0) is 61.2 Å². The summed E-state index contributed by atoms with van der Waals surface area (Å²) in [6.07, 6.45) is 4.17. The Morgan fingerprint density at radius 2 is 1.88 bits per heavy atom. The van der Waals surface area contributed by atoms with Crippen molar-refractivity contribution in [3.63, 3.8) is 0 Å². The molecule has 0 spiro atoms. The number of rotatable bonds is 4. The molecule has 1 aliphatic heterocycles. The SMILES string of the molecule is Cc1cc(/C=C2\C(=O)NN(c3ccccc3)C2=O)ccc1OC1CC1. The van der Waals surface area contributed by atoms with Gasteiger partial charge in [0.2, 0.25) is 0 Å². The Labute approximate surface area is 145 Å². The van der Waals surface area contributed by atoms with Crippen LogP contribution in [0.4, 0.5) is 5.69 Å². The molecule has 0 bridgehead atoms. The van der Waals surface area contributed by atoms with Gasteiger partial charge in [0.05, 0.1) is 11.8 Å². The Balaban J connectivity index is 1.59. The number of carbonyl (C=O) groups is 2. The molecule has 2 amide bonds. The third-order valence-corrected chi connectivity index (χ3v) is 4.23.